The second-order valence-corrected chi connectivity index (χ2v) is 7.12. The quantitative estimate of drug-likeness (QED) is 0.432. The first-order valence-electron chi connectivity index (χ1n) is 9.83. The largest absolute Gasteiger partial charge is 0.357 e. The average Bonchev–Trinajstić information content (AvgIpc) is 2.62. The lowest BCUT2D eigenvalue weighted by Gasteiger charge is -2.29. The van der Waals surface area contributed by atoms with Gasteiger partial charge in [-0.15, -0.1) is 0 Å². The van der Waals surface area contributed by atoms with Crippen LogP contribution in [-0.2, 0) is 6.42 Å². The van der Waals surface area contributed by atoms with Gasteiger partial charge in [-0.3, -0.25) is 9.98 Å². The molecule has 0 aromatic carbocycles. The molecule has 1 aliphatic rings. The summed E-state index contributed by atoms with van der Waals surface area (Å²) in [4.78, 5) is 11.5. The Morgan fingerprint density at radius 2 is 2.12 bits per heavy atom. The third-order valence-corrected chi connectivity index (χ3v) is 4.95. The van der Waals surface area contributed by atoms with Crippen molar-refractivity contribution in [2.24, 2.45) is 10.9 Å². The van der Waals surface area contributed by atoms with Crippen LogP contribution in [0.2, 0.25) is 0 Å². The van der Waals surface area contributed by atoms with Crippen molar-refractivity contribution in [3.05, 3.63) is 29.6 Å². The summed E-state index contributed by atoms with van der Waals surface area (Å²) < 4.78 is 0. The Balaban J connectivity index is 1.68. The number of pyridine rings is 1. The molecular weight excluding hydrogens is 310 g/mol. The zero-order valence-electron chi connectivity index (χ0n) is 16.2. The molecule has 1 fully saturated rings. The Labute approximate surface area is 153 Å². The van der Waals surface area contributed by atoms with Crippen molar-refractivity contribution in [3.63, 3.8) is 0 Å². The van der Waals surface area contributed by atoms with Crippen molar-refractivity contribution in [3.8, 4) is 0 Å². The van der Waals surface area contributed by atoms with Crippen molar-refractivity contribution in [1.29, 1.82) is 0 Å². The molecule has 1 aliphatic heterocycles. The van der Waals surface area contributed by atoms with E-state index in [0.717, 1.165) is 44.4 Å². The third kappa shape index (κ3) is 7.43. The maximum absolute atomic E-state index is 4.72. The second-order valence-electron chi connectivity index (χ2n) is 7.12. The second kappa shape index (κ2) is 11.1. The van der Waals surface area contributed by atoms with Crippen molar-refractivity contribution in [1.82, 2.24) is 20.5 Å². The Morgan fingerprint density at radius 1 is 1.32 bits per heavy atom. The van der Waals surface area contributed by atoms with Crippen LogP contribution in [-0.4, -0.2) is 55.1 Å². The molecule has 1 aromatic heterocycles. The topological polar surface area (TPSA) is 52.6 Å². The highest BCUT2D eigenvalue weighted by atomic mass is 15.2. The average molecular weight is 346 g/mol. The number of hydrogen-bond acceptors (Lipinski definition) is 3. The highest BCUT2D eigenvalue weighted by molar-refractivity contribution is 5.79. The first kappa shape index (κ1) is 19.7. The lowest BCUT2D eigenvalue weighted by atomic mass is 9.99. The number of aromatic nitrogens is 1. The van der Waals surface area contributed by atoms with Crippen LogP contribution in [0.25, 0.3) is 0 Å². The number of nitrogens with zero attached hydrogens (tertiary/aromatic N) is 3. The molecule has 0 bridgehead atoms. The summed E-state index contributed by atoms with van der Waals surface area (Å²) in [5.74, 6) is 1.84. The number of aliphatic imine (C=N–C) groups is 1. The van der Waals surface area contributed by atoms with E-state index in [2.05, 4.69) is 47.4 Å². The molecule has 5 heteroatoms. The fourth-order valence-electron chi connectivity index (χ4n) is 3.21. The number of hydrogen-bond donors (Lipinski definition) is 2. The fraction of sp³-hybridized carbons (Fsp3) is 0.700. The first-order valence-corrected chi connectivity index (χ1v) is 9.83. The summed E-state index contributed by atoms with van der Waals surface area (Å²) in [6, 6.07) is 2.10. The van der Waals surface area contributed by atoms with Crippen molar-refractivity contribution in [2.75, 3.05) is 39.3 Å². The minimum absolute atomic E-state index is 0.885. The van der Waals surface area contributed by atoms with Gasteiger partial charge in [-0.25, -0.2) is 0 Å². The maximum atomic E-state index is 4.72. The van der Waals surface area contributed by atoms with Gasteiger partial charge in [0.25, 0.3) is 0 Å². The van der Waals surface area contributed by atoms with Crippen molar-refractivity contribution >= 4 is 5.96 Å². The number of likely N-dealkylation sites (tertiary alicyclic amines) is 1. The monoisotopic (exact) mass is 345 g/mol. The predicted octanol–water partition coefficient (Wildman–Crippen LogP) is 2.61. The van der Waals surface area contributed by atoms with Crippen LogP contribution in [0.15, 0.2) is 23.5 Å². The summed E-state index contributed by atoms with van der Waals surface area (Å²) in [6.45, 7) is 12.9. The van der Waals surface area contributed by atoms with Crippen LogP contribution in [0.4, 0.5) is 0 Å². The van der Waals surface area contributed by atoms with Gasteiger partial charge in [-0.2, -0.15) is 0 Å². The summed E-state index contributed by atoms with van der Waals surface area (Å²) in [5.41, 5.74) is 2.60. The Bertz CT molecular complexity index is 521. The first-order chi connectivity index (χ1) is 12.2. The molecule has 2 heterocycles. The van der Waals surface area contributed by atoms with E-state index in [1.165, 1.54) is 43.6 Å². The molecule has 0 radical (unpaired) electrons. The fourth-order valence-corrected chi connectivity index (χ4v) is 3.21. The maximum Gasteiger partial charge on any atom is 0.191 e. The minimum Gasteiger partial charge on any atom is -0.357 e. The molecule has 0 atom stereocenters. The summed E-state index contributed by atoms with van der Waals surface area (Å²) in [5, 5.41) is 6.79. The number of nitrogens with one attached hydrogen (secondary N) is 2. The van der Waals surface area contributed by atoms with Crippen molar-refractivity contribution < 1.29 is 0 Å². The summed E-state index contributed by atoms with van der Waals surface area (Å²) >= 11 is 0. The SMILES string of the molecule is CCNC(=NCCCN1CCC(C)CC1)NCCc1ccncc1C. The van der Waals surface area contributed by atoms with Crippen LogP contribution in [0.1, 0.15) is 44.2 Å². The number of aryl methyl sites for hydroxylation is 1. The lowest BCUT2D eigenvalue weighted by Crippen LogP contribution is -2.38. The van der Waals surface area contributed by atoms with E-state index in [1.807, 2.05) is 12.4 Å². The molecule has 0 spiro atoms. The van der Waals surface area contributed by atoms with Gasteiger partial charge in [0, 0.05) is 32.0 Å². The predicted molar refractivity (Wildman–Crippen MR) is 106 cm³/mol. The molecule has 25 heavy (non-hydrogen) atoms. The molecule has 1 saturated heterocycles. The van der Waals surface area contributed by atoms with E-state index in [4.69, 9.17) is 4.99 Å². The lowest BCUT2D eigenvalue weighted by molar-refractivity contribution is 0.192. The van der Waals surface area contributed by atoms with Crippen molar-refractivity contribution in [2.45, 2.75) is 46.5 Å². The van der Waals surface area contributed by atoms with E-state index in [1.54, 1.807) is 0 Å². The number of rotatable bonds is 8. The summed E-state index contributed by atoms with van der Waals surface area (Å²) in [6.07, 6.45) is 8.61. The van der Waals surface area contributed by atoms with E-state index >= 15 is 0 Å². The smallest absolute Gasteiger partial charge is 0.191 e. The molecule has 0 aliphatic carbocycles. The van der Waals surface area contributed by atoms with Gasteiger partial charge in [0.1, 0.15) is 0 Å². The molecule has 2 rings (SSSR count). The molecule has 2 N–H and O–H groups in total. The number of piperidine rings is 1. The van der Waals surface area contributed by atoms with Gasteiger partial charge in [-0.1, -0.05) is 6.92 Å². The van der Waals surface area contributed by atoms with E-state index in [-0.39, 0.29) is 0 Å². The zero-order chi connectivity index (χ0) is 17.9. The molecule has 140 valence electrons. The standard InChI is InChI=1S/C20H35N5/c1-4-22-20(24-12-7-19-6-11-21-16-18(19)3)23-10-5-13-25-14-8-17(2)9-15-25/h6,11,16-17H,4-5,7-10,12-15H2,1-3H3,(H2,22,23,24). The third-order valence-electron chi connectivity index (χ3n) is 4.95. The van der Waals surface area contributed by atoms with E-state index in [9.17, 15) is 0 Å². The molecule has 1 aromatic rings. The van der Waals surface area contributed by atoms with Gasteiger partial charge < -0.3 is 15.5 Å². The Morgan fingerprint density at radius 3 is 2.84 bits per heavy atom. The molecule has 5 nitrogen and oxygen atoms in total. The zero-order valence-corrected chi connectivity index (χ0v) is 16.2. The highest BCUT2D eigenvalue weighted by Crippen LogP contribution is 2.15. The highest BCUT2D eigenvalue weighted by Gasteiger charge is 2.14. The van der Waals surface area contributed by atoms with E-state index < -0.39 is 0 Å². The van der Waals surface area contributed by atoms with Gasteiger partial charge in [0.05, 0.1) is 0 Å². The van der Waals surface area contributed by atoms with Crippen LogP contribution in [0.3, 0.4) is 0 Å². The van der Waals surface area contributed by atoms with Gasteiger partial charge >= 0.3 is 0 Å². The van der Waals surface area contributed by atoms with Gasteiger partial charge in [0.2, 0.25) is 0 Å². The summed E-state index contributed by atoms with van der Waals surface area (Å²) in [7, 11) is 0. The molecule has 0 unspecified atom stereocenters. The van der Waals surface area contributed by atoms with E-state index in [0.29, 0.717) is 0 Å². The van der Waals surface area contributed by atoms with Crippen LogP contribution in [0, 0.1) is 12.8 Å². The minimum atomic E-state index is 0.885. The normalized spacial score (nSPS) is 16.8. The van der Waals surface area contributed by atoms with Crippen LogP contribution in [0.5, 0.6) is 0 Å². The van der Waals surface area contributed by atoms with Crippen LogP contribution >= 0.6 is 0 Å². The molecule has 0 saturated carbocycles. The number of guanidine groups is 1. The van der Waals surface area contributed by atoms with Gasteiger partial charge in [-0.05, 0) is 82.3 Å². The van der Waals surface area contributed by atoms with Gasteiger partial charge in [0.15, 0.2) is 5.96 Å². The molecular formula is C20H35N5. The molecule has 0 amide bonds. The Kier molecular flexibility index (Phi) is 8.73. The van der Waals surface area contributed by atoms with Crippen LogP contribution < -0.4 is 10.6 Å². The Hall–Kier alpha value is -1.62.